The molecule has 2 aliphatic carbocycles. The highest BCUT2D eigenvalue weighted by Gasteiger charge is 2.85. The average molecular weight is 382 g/mol. The van der Waals surface area contributed by atoms with E-state index in [2.05, 4.69) is 22.3 Å². The van der Waals surface area contributed by atoms with Gasteiger partial charge < -0.3 is 10.2 Å². The summed E-state index contributed by atoms with van der Waals surface area (Å²) in [6.07, 6.45) is 2.19. The standard InChI is InChI=1S/C23H24F2N2O/c1-14-7-19(27-6-5-16-9-18(24)4-3-17(16)11-27)8-15(2)21(14)26-20(28)10-22-12-23(22,25)13-22/h3-4,7-9H,5-6,10-13H2,1-2H3,(H,26,28). The van der Waals surface area contributed by atoms with Crippen LogP contribution in [0.1, 0.15) is 41.5 Å². The molecule has 0 saturated heterocycles. The SMILES string of the molecule is Cc1cc(N2CCc3cc(F)ccc3C2)cc(C)c1NC(=O)CC12CC1(F)C2. The Morgan fingerprint density at radius 2 is 1.82 bits per heavy atom. The molecule has 0 radical (unpaired) electrons. The number of carbonyl (C=O) groups is 1. The van der Waals surface area contributed by atoms with Gasteiger partial charge in [-0.25, -0.2) is 8.78 Å². The van der Waals surface area contributed by atoms with Crippen LogP contribution in [0.5, 0.6) is 0 Å². The first-order chi connectivity index (χ1) is 13.3. The van der Waals surface area contributed by atoms with E-state index in [0.29, 0.717) is 12.8 Å². The number of carbonyl (C=O) groups excluding carboxylic acids is 1. The molecule has 1 amide bonds. The van der Waals surface area contributed by atoms with Crippen molar-refractivity contribution in [3.63, 3.8) is 0 Å². The predicted molar refractivity (Wildman–Crippen MR) is 106 cm³/mol. The van der Waals surface area contributed by atoms with E-state index < -0.39 is 5.67 Å². The lowest BCUT2D eigenvalue weighted by Crippen LogP contribution is -2.30. The number of amides is 1. The fourth-order valence-electron chi connectivity index (χ4n) is 4.77. The van der Waals surface area contributed by atoms with E-state index in [1.54, 1.807) is 6.07 Å². The third kappa shape index (κ3) is 2.79. The van der Waals surface area contributed by atoms with Crippen LogP contribution in [0.15, 0.2) is 30.3 Å². The predicted octanol–water partition coefficient (Wildman–Crippen LogP) is 4.84. The van der Waals surface area contributed by atoms with Crippen LogP contribution >= 0.6 is 0 Å². The minimum atomic E-state index is -1.04. The number of alkyl halides is 1. The number of rotatable bonds is 4. The maximum absolute atomic E-state index is 13.8. The molecule has 3 nitrogen and oxygen atoms in total. The second-order valence-corrected chi connectivity index (χ2v) is 8.86. The molecule has 1 heterocycles. The Kier molecular flexibility index (Phi) is 3.65. The van der Waals surface area contributed by atoms with Gasteiger partial charge in [0.1, 0.15) is 11.5 Å². The van der Waals surface area contributed by atoms with E-state index in [9.17, 15) is 13.6 Å². The summed E-state index contributed by atoms with van der Waals surface area (Å²) in [5.41, 5.74) is 4.79. The van der Waals surface area contributed by atoms with E-state index in [1.807, 2.05) is 19.9 Å². The molecular weight excluding hydrogens is 358 g/mol. The Bertz CT molecular complexity index is 971. The molecule has 1 aliphatic heterocycles. The van der Waals surface area contributed by atoms with Crippen molar-refractivity contribution in [2.75, 3.05) is 16.8 Å². The van der Waals surface area contributed by atoms with Gasteiger partial charge in [-0.2, -0.15) is 0 Å². The zero-order valence-corrected chi connectivity index (χ0v) is 16.2. The highest BCUT2D eigenvalue weighted by Crippen LogP contribution is 2.82. The van der Waals surface area contributed by atoms with Crippen LogP contribution in [-0.4, -0.2) is 18.1 Å². The number of nitrogens with zero attached hydrogens (tertiary/aromatic N) is 1. The first-order valence-electron chi connectivity index (χ1n) is 9.91. The van der Waals surface area contributed by atoms with Crippen LogP contribution in [0.4, 0.5) is 20.2 Å². The normalized spacial score (nSPS) is 27.1. The van der Waals surface area contributed by atoms with Crippen LogP contribution in [-0.2, 0) is 17.8 Å². The number of hydrogen-bond acceptors (Lipinski definition) is 2. The van der Waals surface area contributed by atoms with Gasteiger partial charge in [0.25, 0.3) is 0 Å². The number of halogens is 2. The van der Waals surface area contributed by atoms with E-state index >= 15 is 0 Å². The van der Waals surface area contributed by atoms with Crippen LogP contribution < -0.4 is 10.2 Å². The second kappa shape index (κ2) is 5.79. The first kappa shape index (κ1) is 17.7. The van der Waals surface area contributed by atoms with E-state index in [1.165, 1.54) is 6.07 Å². The molecule has 0 aromatic heterocycles. The van der Waals surface area contributed by atoms with Gasteiger partial charge in [0, 0.05) is 36.3 Å². The summed E-state index contributed by atoms with van der Waals surface area (Å²) < 4.78 is 27.2. The van der Waals surface area contributed by atoms with Crippen molar-refractivity contribution in [3.8, 4) is 0 Å². The van der Waals surface area contributed by atoms with Crippen molar-refractivity contribution < 1.29 is 13.6 Å². The highest BCUT2D eigenvalue weighted by atomic mass is 19.1. The van der Waals surface area contributed by atoms with Crippen molar-refractivity contribution in [2.45, 2.75) is 51.7 Å². The van der Waals surface area contributed by atoms with Gasteiger partial charge >= 0.3 is 0 Å². The lowest BCUT2D eigenvalue weighted by atomic mass is 9.98. The zero-order valence-electron chi connectivity index (χ0n) is 16.2. The van der Waals surface area contributed by atoms with Crippen LogP contribution in [0.25, 0.3) is 0 Å². The fourth-order valence-corrected chi connectivity index (χ4v) is 4.77. The molecule has 2 aromatic carbocycles. The van der Waals surface area contributed by atoms with Gasteiger partial charge in [-0.1, -0.05) is 6.07 Å². The molecule has 3 aliphatic rings. The molecule has 0 spiro atoms. The Morgan fingerprint density at radius 1 is 1.14 bits per heavy atom. The van der Waals surface area contributed by atoms with Crippen molar-refractivity contribution in [3.05, 3.63) is 58.4 Å². The Hall–Kier alpha value is -2.43. The van der Waals surface area contributed by atoms with Gasteiger partial charge in [-0.3, -0.25) is 4.79 Å². The fraction of sp³-hybridized carbons (Fsp3) is 0.435. The van der Waals surface area contributed by atoms with Crippen LogP contribution in [0.2, 0.25) is 0 Å². The summed E-state index contributed by atoms with van der Waals surface area (Å²) in [6.45, 7) is 5.57. The monoisotopic (exact) mass is 382 g/mol. The number of benzene rings is 2. The molecule has 2 fully saturated rings. The van der Waals surface area contributed by atoms with Crippen molar-refractivity contribution in [1.82, 2.24) is 0 Å². The number of nitrogens with one attached hydrogen (secondary N) is 1. The zero-order chi connectivity index (χ0) is 19.7. The molecule has 0 unspecified atom stereocenters. The van der Waals surface area contributed by atoms with Gasteiger partial charge in [0.15, 0.2) is 0 Å². The number of fused-ring (bicyclic) bond motifs is 2. The molecule has 146 valence electrons. The van der Waals surface area contributed by atoms with Gasteiger partial charge in [-0.15, -0.1) is 0 Å². The maximum Gasteiger partial charge on any atom is 0.225 e. The maximum atomic E-state index is 13.8. The Morgan fingerprint density at radius 3 is 2.46 bits per heavy atom. The quantitative estimate of drug-likeness (QED) is 0.821. The van der Waals surface area contributed by atoms with Gasteiger partial charge in [0.2, 0.25) is 5.91 Å². The van der Waals surface area contributed by atoms with Gasteiger partial charge in [-0.05, 0) is 79.6 Å². The molecule has 0 bridgehead atoms. The first-order valence-corrected chi connectivity index (χ1v) is 9.91. The lowest BCUT2D eigenvalue weighted by Gasteiger charge is -2.31. The van der Waals surface area contributed by atoms with E-state index in [-0.39, 0.29) is 23.6 Å². The third-order valence-electron chi connectivity index (χ3n) is 6.76. The second-order valence-electron chi connectivity index (χ2n) is 8.86. The minimum Gasteiger partial charge on any atom is -0.367 e. The van der Waals surface area contributed by atoms with Crippen LogP contribution in [0.3, 0.4) is 0 Å². The van der Waals surface area contributed by atoms with Gasteiger partial charge in [0.05, 0.1) is 0 Å². The number of hydrogen-bond donors (Lipinski definition) is 1. The largest absolute Gasteiger partial charge is 0.367 e. The molecule has 0 atom stereocenters. The molecular formula is C23H24F2N2O. The topological polar surface area (TPSA) is 32.3 Å². The summed E-state index contributed by atoms with van der Waals surface area (Å²) in [5, 5.41) is 3.01. The van der Waals surface area contributed by atoms with E-state index in [0.717, 1.165) is 53.1 Å². The van der Waals surface area contributed by atoms with Crippen molar-refractivity contribution in [1.29, 1.82) is 0 Å². The van der Waals surface area contributed by atoms with Crippen molar-refractivity contribution in [2.24, 2.45) is 5.41 Å². The summed E-state index contributed by atoms with van der Waals surface area (Å²) in [7, 11) is 0. The molecule has 28 heavy (non-hydrogen) atoms. The highest BCUT2D eigenvalue weighted by molar-refractivity contribution is 5.94. The molecule has 2 saturated carbocycles. The van der Waals surface area contributed by atoms with Crippen LogP contribution in [0, 0.1) is 25.1 Å². The summed E-state index contributed by atoms with van der Waals surface area (Å²) in [4.78, 5) is 14.7. The summed E-state index contributed by atoms with van der Waals surface area (Å²) in [6, 6.07) is 9.19. The average Bonchev–Trinajstić information content (AvgIpc) is 3.40. The molecule has 5 heteroatoms. The summed E-state index contributed by atoms with van der Waals surface area (Å²) in [5.74, 6) is -0.272. The minimum absolute atomic E-state index is 0.0927. The number of anilines is 2. The molecule has 1 N–H and O–H groups in total. The summed E-state index contributed by atoms with van der Waals surface area (Å²) >= 11 is 0. The third-order valence-corrected chi connectivity index (χ3v) is 6.76. The lowest BCUT2D eigenvalue weighted by molar-refractivity contribution is -0.116. The smallest absolute Gasteiger partial charge is 0.225 e. The van der Waals surface area contributed by atoms with Crippen molar-refractivity contribution >= 4 is 17.3 Å². The molecule has 2 aromatic rings. The Labute approximate surface area is 163 Å². The van der Waals surface area contributed by atoms with E-state index in [4.69, 9.17) is 0 Å². The number of aryl methyl sites for hydroxylation is 2. The molecule has 5 rings (SSSR count). The Balaban J connectivity index is 1.32.